The molecule has 1 heterocycles. The second-order valence-electron chi connectivity index (χ2n) is 6.35. The summed E-state index contributed by atoms with van der Waals surface area (Å²) < 4.78 is 5.38. The van der Waals surface area contributed by atoms with E-state index in [0.29, 0.717) is 5.92 Å². The van der Waals surface area contributed by atoms with Crippen molar-refractivity contribution >= 4 is 0 Å². The third kappa shape index (κ3) is 5.69. The molecule has 0 saturated carbocycles. The molecule has 0 atom stereocenters. The Hall–Kier alpha value is -0.940. The number of nitrogens with zero attached hydrogens (tertiary/aromatic N) is 2. The lowest BCUT2D eigenvalue weighted by Gasteiger charge is -2.29. The van der Waals surface area contributed by atoms with Gasteiger partial charge in [-0.3, -0.25) is 9.80 Å². The van der Waals surface area contributed by atoms with Crippen LogP contribution in [0.1, 0.15) is 30.9 Å². The van der Waals surface area contributed by atoms with Crippen LogP contribution in [0.25, 0.3) is 0 Å². The molecule has 0 spiro atoms. The quantitative estimate of drug-likeness (QED) is 0.796. The molecule has 1 aromatic carbocycles. The van der Waals surface area contributed by atoms with Crippen LogP contribution in [0.2, 0.25) is 0 Å². The number of morpholine rings is 1. The van der Waals surface area contributed by atoms with Crippen molar-refractivity contribution in [1.82, 2.24) is 9.80 Å². The Bertz CT molecular complexity index is 414. The lowest BCUT2D eigenvalue weighted by molar-refractivity contribution is 0.0320. The topological polar surface area (TPSA) is 35.9 Å². The summed E-state index contributed by atoms with van der Waals surface area (Å²) in [6.07, 6.45) is 0. The number of hydrogen-bond acceptors (Lipinski definition) is 4. The van der Waals surface area contributed by atoms with E-state index in [1.165, 1.54) is 11.1 Å². The van der Waals surface area contributed by atoms with Crippen molar-refractivity contribution in [2.45, 2.75) is 26.3 Å². The van der Waals surface area contributed by atoms with Gasteiger partial charge in [-0.15, -0.1) is 0 Å². The zero-order valence-corrected chi connectivity index (χ0v) is 14.0. The smallest absolute Gasteiger partial charge is 0.0594 e. The minimum atomic E-state index is 0.215. The molecule has 0 amide bonds. The van der Waals surface area contributed by atoms with Gasteiger partial charge in [0, 0.05) is 39.3 Å². The average Bonchev–Trinajstić information content (AvgIpc) is 2.54. The van der Waals surface area contributed by atoms with E-state index in [9.17, 15) is 5.11 Å². The fourth-order valence-corrected chi connectivity index (χ4v) is 2.79. The highest BCUT2D eigenvalue weighted by molar-refractivity contribution is 5.24. The third-order valence-corrected chi connectivity index (χ3v) is 4.30. The number of aliphatic hydroxyl groups excluding tert-OH is 1. The molecule has 4 nitrogen and oxygen atoms in total. The van der Waals surface area contributed by atoms with Gasteiger partial charge in [0.1, 0.15) is 0 Å². The molecule has 4 heteroatoms. The van der Waals surface area contributed by atoms with Crippen LogP contribution in [-0.4, -0.2) is 67.5 Å². The Labute approximate surface area is 134 Å². The van der Waals surface area contributed by atoms with Gasteiger partial charge in [0.05, 0.1) is 19.8 Å². The Morgan fingerprint density at radius 2 is 1.82 bits per heavy atom. The maximum absolute atomic E-state index is 9.29. The molecule has 22 heavy (non-hydrogen) atoms. The van der Waals surface area contributed by atoms with Gasteiger partial charge in [-0.2, -0.15) is 0 Å². The SMILES string of the molecule is CC(C)c1ccc(CN(CCO)CCN2CCOCC2)cc1. The zero-order valence-electron chi connectivity index (χ0n) is 14.0. The van der Waals surface area contributed by atoms with E-state index >= 15 is 0 Å². The average molecular weight is 306 g/mol. The molecule has 2 rings (SSSR count). The molecular weight excluding hydrogens is 276 g/mol. The van der Waals surface area contributed by atoms with Crippen molar-refractivity contribution in [2.24, 2.45) is 0 Å². The van der Waals surface area contributed by atoms with Crippen molar-refractivity contribution in [1.29, 1.82) is 0 Å². The van der Waals surface area contributed by atoms with Crippen molar-refractivity contribution < 1.29 is 9.84 Å². The van der Waals surface area contributed by atoms with Gasteiger partial charge >= 0.3 is 0 Å². The fraction of sp³-hybridized carbons (Fsp3) is 0.667. The van der Waals surface area contributed by atoms with E-state index in [0.717, 1.165) is 52.5 Å². The van der Waals surface area contributed by atoms with E-state index in [4.69, 9.17) is 4.74 Å². The summed E-state index contributed by atoms with van der Waals surface area (Å²) in [7, 11) is 0. The van der Waals surface area contributed by atoms with Crippen LogP contribution in [0, 0.1) is 0 Å². The van der Waals surface area contributed by atoms with Crippen molar-refractivity contribution in [2.75, 3.05) is 52.5 Å². The second kappa shape index (κ2) is 9.26. The molecule has 1 saturated heterocycles. The standard InChI is InChI=1S/C18H30N2O2/c1-16(2)18-5-3-17(4-6-18)15-20(9-12-21)8-7-19-10-13-22-14-11-19/h3-6,16,21H,7-15H2,1-2H3. The number of rotatable bonds is 8. The Morgan fingerprint density at radius 1 is 1.14 bits per heavy atom. The molecule has 0 aromatic heterocycles. The Balaban J connectivity index is 1.84. The first-order valence-electron chi connectivity index (χ1n) is 8.41. The summed E-state index contributed by atoms with van der Waals surface area (Å²) in [6.45, 7) is 12.1. The summed E-state index contributed by atoms with van der Waals surface area (Å²) in [5.41, 5.74) is 2.70. The molecule has 1 fully saturated rings. The van der Waals surface area contributed by atoms with Crippen LogP contribution in [0.15, 0.2) is 24.3 Å². The second-order valence-corrected chi connectivity index (χ2v) is 6.35. The Morgan fingerprint density at radius 3 is 2.41 bits per heavy atom. The predicted molar refractivity (Wildman–Crippen MR) is 90.2 cm³/mol. The van der Waals surface area contributed by atoms with Crippen molar-refractivity contribution in [3.05, 3.63) is 35.4 Å². The minimum Gasteiger partial charge on any atom is -0.395 e. The zero-order chi connectivity index (χ0) is 15.8. The van der Waals surface area contributed by atoms with Gasteiger partial charge in [0.2, 0.25) is 0 Å². The number of ether oxygens (including phenoxy) is 1. The molecule has 1 aromatic rings. The van der Waals surface area contributed by atoms with Gasteiger partial charge in [-0.25, -0.2) is 0 Å². The van der Waals surface area contributed by atoms with Gasteiger partial charge in [0.25, 0.3) is 0 Å². The lowest BCUT2D eigenvalue weighted by Crippen LogP contribution is -2.41. The largest absolute Gasteiger partial charge is 0.395 e. The van der Waals surface area contributed by atoms with Crippen LogP contribution in [0.5, 0.6) is 0 Å². The molecule has 0 radical (unpaired) electrons. The highest BCUT2D eigenvalue weighted by atomic mass is 16.5. The highest BCUT2D eigenvalue weighted by Gasteiger charge is 2.12. The Kier molecular flexibility index (Phi) is 7.33. The first-order valence-corrected chi connectivity index (χ1v) is 8.41. The number of aliphatic hydroxyl groups is 1. The summed E-state index contributed by atoms with van der Waals surface area (Å²) in [5.74, 6) is 0.573. The van der Waals surface area contributed by atoms with Crippen LogP contribution < -0.4 is 0 Å². The van der Waals surface area contributed by atoms with Crippen LogP contribution >= 0.6 is 0 Å². The van der Waals surface area contributed by atoms with Crippen LogP contribution in [0.3, 0.4) is 0 Å². The van der Waals surface area contributed by atoms with Crippen LogP contribution in [0.4, 0.5) is 0 Å². The minimum absolute atomic E-state index is 0.215. The predicted octanol–water partition coefficient (Wildman–Crippen LogP) is 1.94. The van der Waals surface area contributed by atoms with E-state index < -0.39 is 0 Å². The third-order valence-electron chi connectivity index (χ3n) is 4.30. The molecule has 124 valence electrons. The summed E-state index contributed by atoms with van der Waals surface area (Å²) in [6, 6.07) is 8.88. The van der Waals surface area contributed by atoms with Crippen LogP contribution in [-0.2, 0) is 11.3 Å². The molecular formula is C18H30N2O2. The summed E-state index contributed by atoms with van der Waals surface area (Å²) >= 11 is 0. The molecule has 1 aliphatic rings. The summed E-state index contributed by atoms with van der Waals surface area (Å²) in [5, 5.41) is 9.29. The van der Waals surface area contributed by atoms with Gasteiger partial charge < -0.3 is 9.84 Å². The lowest BCUT2D eigenvalue weighted by atomic mass is 10.0. The monoisotopic (exact) mass is 306 g/mol. The van der Waals surface area contributed by atoms with E-state index in [1.54, 1.807) is 0 Å². The van der Waals surface area contributed by atoms with Crippen molar-refractivity contribution in [3.8, 4) is 0 Å². The van der Waals surface area contributed by atoms with E-state index in [2.05, 4.69) is 47.9 Å². The summed E-state index contributed by atoms with van der Waals surface area (Å²) in [4.78, 5) is 4.77. The molecule has 0 bridgehead atoms. The first-order chi connectivity index (χ1) is 10.7. The van der Waals surface area contributed by atoms with Gasteiger partial charge in [0.15, 0.2) is 0 Å². The maximum Gasteiger partial charge on any atom is 0.0594 e. The molecule has 0 unspecified atom stereocenters. The molecule has 1 N–H and O–H groups in total. The normalized spacial score (nSPS) is 16.6. The maximum atomic E-state index is 9.29. The first kappa shape index (κ1) is 17.4. The fourth-order valence-electron chi connectivity index (χ4n) is 2.79. The molecule has 0 aliphatic carbocycles. The van der Waals surface area contributed by atoms with Gasteiger partial charge in [-0.05, 0) is 17.0 Å². The number of benzene rings is 1. The molecule has 1 aliphatic heterocycles. The number of hydrogen-bond donors (Lipinski definition) is 1. The highest BCUT2D eigenvalue weighted by Crippen LogP contribution is 2.15. The van der Waals surface area contributed by atoms with E-state index in [1.807, 2.05) is 0 Å². The van der Waals surface area contributed by atoms with Gasteiger partial charge in [-0.1, -0.05) is 38.1 Å². The van der Waals surface area contributed by atoms with Crippen molar-refractivity contribution in [3.63, 3.8) is 0 Å². The van der Waals surface area contributed by atoms with E-state index in [-0.39, 0.29) is 6.61 Å².